The van der Waals surface area contributed by atoms with Crippen LogP contribution in [0.4, 0.5) is 0 Å². The van der Waals surface area contributed by atoms with Crippen molar-refractivity contribution in [2.24, 2.45) is 5.41 Å². The lowest BCUT2D eigenvalue weighted by atomic mass is 9.77. The van der Waals surface area contributed by atoms with Crippen molar-refractivity contribution in [2.75, 3.05) is 46.2 Å². The summed E-state index contributed by atoms with van der Waals surface area (Å²) >= 11 is 0. The summed E-state index contributed by atoms with van der Waals surface area (Å²) in [6.07, 6.45) is 2.76. The van der Waals surface area contributed by atoms with Crippen molar-refractivity contribution in [2.45, 2.75) is 26.2 Å². The summed E-state index contributed by atoms with van der Waals surface area (Å²) in [5.74, 6) is 0.780. The molecule has 0 aromatic heterocycles. The number of hydrogen-bond donors (Lipinski definition) is 0. The van der Waals surface area contributed by atoms with Gasteiger partial charge in [0.15, 0.2) is 11.5 Å². The molecule has 1 atom stereocenters. The minimum absolute atomic E-state index is 0.0626. The minimum atomic E-state index is -0.398. The van der Waals surface area contributed by atoms with Crippen LogP contribution >= 0.6 is 0 Å². The van der Waals surface area contributed by atoms with Gasteiger partial charge in [-0.2, -0.15) is 0 Å². The van der Waals surface area contributed by atoms with Crippen molar-refractivity contribution in [1.82, 2.24) is 9.80 Å². The summed E-state index contributed by atoms with van der Waals surface area (Å²) < 4.78 is 16.1. The van der Waals surface area contributed by atoms with Crippen molar-refractivity contribution < 1.29 is 23.8 Å². The standard InChI is InChI=1S/C20H26N2O5/c1-20(12-15-3-4-16-17(11-15)27-14-26-16)5-2-6-22(13-20)19(24)18(23)21-7-9-25-10-8-21/h3-4,11H,2,5-10,12-14H2,1H3/t20-/m0/s1. The number of likely N-dealkylation sites (tertiary alicyclic amines) is 1. The fraction of sp³-hybridized carbons (Fsp3) is 0.600. The van der Waals surface area contributed by atoms with E-state index in [-0.39, 0.29) is 18.1 Å². The quantitative estimate of drug-likeness (QED) is 0.733. The fourth-order valence-corrected chi connectivity index (χ4v) is 4.21. The van der Waals surface area contributed by atoms with Gasteiger partial charge in [0.2, 0.25) is 6.79 Å². The Morgan fingerprint density at radius 3 is 2.59 bits per heavy atom. The van der Waals surface area contributed by atoms with Gasteiger partial charge in [0.25, 0.3) is 0 Å². The smallest absolute Gasteiger partial charge is 0.312 e. The van der Waals surface area contributed by atoms with E-state index in [4.69, 9.17) is 14.2 Å². The van der Waals surface area contributed by atoms with E-state index in [0.29, 0.717) is 39.4 Å². The molecule has 7 nitrogen and oxygen atoms in total. The molecule has 4 rings (SSSR count). The molecule has 146 valence electrons. The molecule has 0 spiro atoms. The molecule has 0 saturated carbocycles. The number of benzene rings is 1. The van der Waals surface area contributed by atoms with E-state index < -0.39 is 5.91 Å². The van der Waals surface area contributed by atoms with Crippen LogP contribution in [0.15, 0.2) is 18.2 Å². The van der Waals surface area contributed by atoms with Crippen LogP contribution in [0.5, 0.6) is 11.5 Å². The second-order valence-electron chi connectivity index (χ2n) is 7.91. The Labute approximate surface area is 159 Å². The van der Waals surface area contributed by atoms with Crippen LogP contribution in [0.1, 0.15) is 25.3 Å². The SMILES string of the molecule is C[C@@]1(Cc2ccc3c(c2)OCO3)CCCN(C(=O)C(=O)N2CCOCC2)C1. The van der Waals surface area contributed by atoms with E-state index in [2.05, 4.69) is 13.0 Å². The highest BCUT2D eigenvalue weighted by Gasteiger charge is 2.37. The molecule has 3 aliphatic rings. The van der Waals surface area contributed by atoms with E-state index in [1.54, 1.807) is 9.80 Å². The Bertz CT molecular complexity index is 731. The number of carbonyl (C=O) groups is 2. The van der Waals surface area contributed by atoms with Crippen LogP contribution in [-0.4, -0.2) is 67.8 Å². The topological polar surface area (TPSA) is 68.3 Å². The largest absolute Gasteiger partial charge is 0.454 e. The molecule has 7 heteroatoms. The van der Waals surface area contributed by atoms with Crippen LogP contribution < -0.4 is 9.47 Å². The summed E-state index contributed by atoms with van der Waals surface area (Å²) in [6, 6.07) is 6.01. The van der Waals surface area contributed by atoms with Crippen LogP contribution in [0.2, 0.25) is 0 Å². The summed E-state index contributed by atoms with van der Waals surface area (Å²) in [5.41, 5.74) is 1.10. The van der Waals surface area contributed by atoms with Crippen LogP contribution in [0.25, 0.3) is 0 Å². The van der Waals surface area contributed by atoms with Gasteiger partial charge in [-0.05, 0) is 42.4 Å². The molecule has 1 aromatic carbocycles. The first-order chi connectivity index (χ1) is 13.0. The second kappa shape index (κ2) is 7.38. The van der Waals surface area contributed by atoms with E-state index in [0.717, 1.165) is 36.3 Å². The normalized spacial score (nSPS) is 24.8. The van der Waals surface area contributed by atoms with Gasteiger partial charge in [-0.1, -0.05) is 13.0 Å². The lowest BCUT2D eigenvalue weighted by Gasteiger charge is -2.41. The van der Waals surface area contributed by atoms with Gasteiger partial charge >= 0.3 is 11.8 Å². The Hall–Kier alpha value is -2.28. The number of piperidine rings is 1. The highest BCUT2D eigenvalue weighted by Crippen LogP contribution is 2.37. The number of ether oxygens (including phenoxy) is 3. The highest BCUT2D eigenvalue weighted by molar-refractivity contribution is 6.34. The number of amides is 2. The monoisotopic (exact) mass is 374 g/mol. The molecule has 0 radical (unpaired) electrons. The van der Waals surface area contributed by atoms with Gasteiger partial charge in [0.1, 0.15) is 0 Å². The highest BCUT2D eigenvalue weighted by atomic mass is 16.7. The number of nitrogens with zero attached hydrogens (tertiary/aromatic N) is 2. The average Bonchev–Trinajstić information content (AvgIpc) is 3.15. The van der Waals surface area contributed by atoms with Crippen LogP contribution in [-0.2, 0) is 20.7 Å². The average molecular weight is 374 g/mol. The molecule has 2 amide bonds. The molecule has 0 aliphatic carbocycles. The number of rotatable bonds is 2. The summed E-state index contributed by atoms with van der Waals surface area (Å²) in [5, 5.41) is 0. The van der Waals surface area contributed by atoms with E-state index >= 15 is 0 Å². The van der Waals surface area contributed by atoms with Gasteiger partial charge in [0, 0.05) is 26.2 Å². The third-order valence-electron chi connectivity index (χ3n) is 5.62. The molecular weight excluding hydrogens is 348 g/mol. The predicted octanol–water partition coefficient (Wildman–Crippen LogP) is 1.45. The van der Waals surface area contributed by atoms with Crippen LogP contribution in [0, 0.1) is 5.41 Å². The summed E-state index contributed by atoms with van der Waals surface area (Å²) in [7, 11) is 0. The van der Waals surface area contributed by atoms with Gasteiger partial charge in [-0.25, -0.2) is 0 Å². The fourth-order valence-electron chi connectivity index (χ4n) is 4.21. The number of fused-ring (bicyclic) bond motifs is 1. The number of morpholine rings is 1. The molecule has 3 aliphatic heterocycles. The molecule has 2 saturated heterocycles. The zero-order valence-corrected chi connectivity index (χ0v) is 15.7. The number of carbonyl (C=O) groups excluding carboxylic acids is 2. The molecule has 0 N–H and O–H groups in total. The first-order valence-electron chi connectivity index (χ1n) is 9.59. The summed E-state index contributed by atoms with van der Waals surface area (Å²) in [4.78, 5) is 28.6. The maximum absolute atomic E-state index is 12.7. The van der Waals surface area contributed by atoms with Crippen molar-refractivity contribution in [3.63, 3.8) is 0 Å². The Balaban J connectivity index is 1.42. The molecular formula is C20H26N2O5. The molecule has 0 unspecified atom stereocenters. The molecule has 2 fully saturated rings. The minimum Gasteiger partial charge on any atom is -0.454 e. The Kier molecular flexibility index (Phi) is 4.95. The number of hydrogen-bond acceptors (Lipinski definition) is 5. The molecule has 3 heterocycles. The van der Waals surface area contributed by atoms with E-state index in [1.165, 1.54) is 0 Å². The molecule has 1 aromatic rings. The lowest BCUT2D eigenvalue weighted by Crippen LogP contribution is -2.53. The Morgan fingerprint density at radius 1 is 1.04 bits per heavy atom. The van der Waals surface area contributed by atoms with Gasteiger partial charge in [0.05, 0.1) is 13.2 Å². The maximum Gasteiger partial charge on any atom is 0.312 e. The van der Waals surface area contributed by atoms with E-state index in [9.17, 15) is 9.59 Å². The summed E-state index contributed by atoms with van der Waals surface area (Å²) in [6.45, 7) is 5.68. The van der Waals surface area contributed by atoms with Gasteiger partial charge in [-0.15, -0.1) is 0 Å². The van der Waals surface area contributed by atoms with Crippen molar-refractivity contribution in [3.8, 4) is 11.5 Å². The first-order valence-corrected chi connectivity index (χ1v) is 9.59. The zero-order valence-electron chi connectivity index (χ0n) is 15.7. The first kappa shape index (κ1) is 18.1. The molecule has 0 bridgehead atoms. The lowest BCUT2D eigenvalue weighted by molar-refractivity contribution is -0.155. The Morgan fingerprint density at radius 2 is 1.78 bits per heavy atom. The third kappa shape index (κ3) is 3.88. The van der Waals surface area contributed by atoms with Crippen molar-refractivity contribution >= 4 is 11.8 Å². The van der Waals surface area contributed by atoms with Crippen molar-refractivity contribution in [3.05, 3.63) is 23.8 Å². The molecule has 27 heavy (non-hydrogen) atoms. The third-order valence-corrected chi connectivity index (χ3v) is 5.62. The van der Waals surface area contributed by atoms with Gasteiger partial charge < -0.3 is 24.0 Å². The predicted molar refractivity (Wildman–Crippen MR) is 97.6 cm³/mol. The second-order valence-corrected chi connectivity index (χ2v) is 7.91. The van der Waals surface area contributed by atoms with Crippen molar-refractivity contribution in [1.29, 1.82) is 0 Å². The van der Waals surface area contributed by atoms with Gasteiger partial charge in [-0.3, -0.25) is 9.59 Å². The van der Waals surface area contributed by atoms with E-state index in [1.807, 2.05) is 12.1 Å². The van der Waals surface area contributed by atoms with Crippen LogP contribution in [0.3, 0.4) is 0 Å². The zero-order chi connectivity index (χ0) is 18.9. The maximum atomic E-state index is 12.7.